The van der Waals surface area contributed by atoms with Gasteiger partial charge in [0.05, 0.1) is 5.69 Å². The maximum atomic E-state index is 12.1. The van der Waals surface area contributed by atoms with Crippen LogP contribution in [0.15, 0.2) is 48.5 Å². The number of carbonyl (C=O) groups is 1. The van der Waals surface area contributed by atoms with Crippen LogP contribution in [-0.4, -0.2) is 24.2 Å². The van der Waals surface area contributed by atoms with Crippen LogP contribution in [0.2, 0.25) is 0 Å². The van der Waals surface area contributed by atoms with E-state index in [4.69, 9.17) is 10.5 Å². The lowest BCUT2D eigenvalue weighted by molar-refractivity contribution is 0.143. The number of ether oxygens (including phenoxy) is 1. The Labute approximate surface area is 173 Å². The molecule has 0 radical (unpaired) electrons. The van der Waals surface area contributed by atoms with Crippen molar-refractivity contribution in [1.29, 1.82) is 0 Å². The van der Waals surface area contributed by atoms with Gasteiger partial charge in [0.25, 0.3) is 0 Å². The molecule has 0 unspecified atom stereocenters. The molecule has 3 aromatic rings. The lowest BCUT2D eigenvalue weighted by Gasteiger charge is -2.14. The number of nitrogens with one attached hydrogen (secondary N) is 1. The molecule has 2 aromatic carbocycles. The molecule has 3 N–H and O–H groups in total. The second-order valence-corrected chi connectivity index (χ2v) is 7.80. The third-order valence-electron chi connectivity index (χ3n) is 4.88. The van der Waals surface area contributed by atoms with E-state index in [9.17, 15) is 4.79 Å². The topological polar surface area (TPSA) is 77.2 Å². The normalized spacial score (nSPS) is 11.9. The molecule has 1 aromatic heterocycles. The summed E-state index contributed by atoms with van der Waals surface area (Å²) in [5.41, 5.74) is 11.3. The molecule has 6 heteroatoms. The minimum absolute atomic E-state index is 0.0627. The lowest BCUT2D eigenvalue weighted by Crippen LogP contribution is -2.26. The zero-order valence-electron chi connectivity index (χ0n) is 16.1. The zero-order valence-corrected chi connectivity index (χ0v) is 16.9. The van der Waals surface area contributed by atoms with E-state index >= 15 is 0 Å². The summed E-state index contributed by atoms with van der Waals surface area (Å²) in [5.74, 6) is 6.13. The van der Waals surface area contributed by atoms with Crippen LogP contribution in [0.5, 0.6) is 0 Å². The first-order valence-corrected chi connectivity index (χ1v) is 10.3. The number of hydrogen-bond acceptors (Lipinski definition) is 5. The van der Waals surface area contributed by atoms with Crippen molar-refractivity contribution in [2.24, 2.45) is 0 Å². The number of aromatic nitrogens is 1. The van der Waals surface area contributed by atoms with Gasteiger partial charge >= 0.3 is 6.09 Å². The van der Waals surface area contributed by atoms with Gasteiger partial charge in [-0.15, -0.1) is 0 Å². The summed E-state index contributed by atoms with van der Waals surface area (Å²) in [4.78, 5) is 17.1. The van der Waals surface area contributed by atoms with Gasteiger partial charge in [0, 0.05) is 18.9 Å². The standard InChI is InChI=1S/C23H21N3O2S/c1-15-21(29-22(24)26-15)12-6-7-13-25-23(27)28-14-20-18-10-4-2-8-16(18)17-9-3-5-11-19(17)20/h2-5,8-11,20H,7,13-14H2,1H3,(H2,24,26)(H,25,27). The van der Waals surface area contributed by atoms with Crippen LogP contribution in [0, 0.1) is 18.8 Å². The van der Waals surface area contributed by atoms with Gasteiger partial charge in [-0.1, -0.05) is 71.7 Å². The van der Waals surface area contributed by atoms with E-state index in [0.717, 1.165) is 10.6 Å². The molecule has 1 aliphatic rings. The summed E-state index contributed by atoms with van der Waals surface area (Å²) in [7, 11) is 0. The molecule has 0 spiro atoms. The van der Waals surface area contributed by atoms with Gasteiger partial charge in [-0.3, -0.25) is 0 Å². The average molecular weight is 404 g/mol. The van der Waals surface area contributed by atoms with Crippen LogP contribution >= 0.6 is 11.3 Å². The number of fused-ring (bicyclic) bond motifs is 3. The van der Waals surface area contributed by atoms with Gasteiger partial charge in [-0.25, -0.2) is 9.78 Å². The van der Waals surface area contributed by atoms with Crippen LogP contribution in [0.1, 0.15) is 34.0 Å². The van der Waals surface area contributed by atoms with E-state index in [1.165, 1.54) is 33.6 Å². The number of aryl methyl sites for hydroxylation is 1. The Hall–Kier alpha value is -3.30. The number of carbonyl (C=O) groups excluding carboxylic acids is 1. The number of alkyl carbamates (subject to hydrolysis) is 1. The third-order valence-corrected chi connectivity index (χ3v) is 5.78. The number of nitrogens with zero attached hydrogens (tertiary/aromatic N) is 1. The van der Waals surface area contributed by atoms with E-state index in [1.807, 2.05) is 31.2 Å². The molecule has 146 valence electrons. The van der Waals surface area contributed by atoms with Crippen molar-refractivity contribution in [2.75, 3.05) is 18.9 Å². The number of amides is 1. The molecule has 1 heterocycles. The fourth-order valence-corrected chi connectivity index (χ4v) is 4.26. The minimum atomic E-state index is -0.424. The van der Waals surface area contributed by atoms with Crippen molar-refractivity contribution < 1.29 is 9.53 Å². The summed E-state index contributed by atoms with van der Waals surface area (Å²) in [6.45, 7) is 2.62. The second-order valence-electron chi connectivity index (χ2n) is 6.77. The van der Waals surface area contributed by atoms with Gasteiger partial charge in [0.1, 0.15) is 11.5 Å². The third kappa shape index (κ3) is 4.10. The number of benzene rings is 2. The molecule has 0 fully saturated rings. The quantitative estimate of drug-likeness (QED) is 0.503. The summed E-state index contributed by atoms with van der Waals surface area (Å²) in [6, 6.07) is 16.6. The fraction of sp³-hybridized carbons (Fsp3) is 0.217. The number of hydrogen-bond donors (Lipinski definition) is 2. The van der Waals surface area contributed by atoms with Crippen molar-refractivity contribution in [3.05, 3.63) is 70.2 Å². The maximum absolute atomic E-state index is 12.1. The highest BCUT2D eigenvalue weighted by atomic mass is 32.1. The highest BCUT2D eigenvalue weighted by Gasteiger charge is 2.28. The summed E-state index contributed by atoms with van der Waals surface area (Å²) < 4.78 is 5.50. The van der Waals surface area contributed by atoms with Crippen LogP contribution < -0.4 is 11.1 Å². The molecule has 4 rings (SSSR count). The summed E-state index contributed by atoms with van der Waals surface area (Å²) in [5, 5.41) is 3.28. The minimum Gasteiger partial charge on any atom is -0.449 e. The molecule has 29 heavy (non-hydrogen) atoms. The van der Waals surface area contributed by atoms with E-state index in [-0.39, 0.29) is 5.92 Å². The van der Waals surface area contributed by atoms with Crippen molar-refractivity contribution in [1.82, 2.24) is 10.3 Å². The Morgan fingerprint density at radius 1 is 1.17 bits per heavy atom. The molecule has 0 saturated carbocycles. The van der Waals surface area contributed by atoms with Crippen LogP contribution in [0.4, 0.5) is 9.93 Å². The first kappa shape index (κ1) is 19.0. The van der Waals surface area contributed by atoms with E-state index < -0.39 is 6.09 Å². The molecule has 0 bridgehead atoms. The van der Waals surface area contributed by atoms with Crippen molar-refractivity contribution in [3.8, 4) is 23.0 Å². The van der Waals surface area contributed by atoms with Crippen LogP contribution in [0.3, 0.4) is 0 Å². The SMILES string of the molecule is Cc1nc(N)sc1C#CCCNC(=O)OCC1c2ccccc2-c2ccccc21. The van der Waals surface area contributed by atoms with Gasteiger partial charge < -0.3 is 15.8 Å². The molecule has 1 amide bonds. The van der Waals surface area contributed by atoms with E-state index in [2.05, 4.69) is 46.4 Å². The number of thiazole rings is 1. The summed E-state index contributed by atoms with van der Waals surface area (Å²) >= 11 is 1.37. The van der Waals surface area contributed by atoms with Gasteiger partial charge in [-0.2, -0.15) is 0 Å². The lowest BCUT2D eigenvalue weighted by atomic mass is 9.98. The van der Waals surface area contributed by atoms with Crippen LogP contribution in [0.25, 0.3) is 11.1 Å². The predicted octanol–water partition coefficient (Wildman–Crippen LogP) is 4.31. The molecule has 1 aliphatic carbocycles. The monoisotopic (exact) mass is 403 g/mol. The predicted molar refractivity (Wildman–Crippen MR) is 116 cm³/mol. The Kier molecular flexibility index (Phi) is 5.50. The number of nitrogens with two attached hydrogens (primary N) is 1. The van der Waals surface area contributed by atoms with Gasteiger partial charge in [0.15, 0.2) is 5.13 Å². The smallest absolute Gasteiger partial charge is 0.407 e. The fourth-order valence-electron chi connectivity index (χ4n) is 3.55. The molecular formula is C23H21N3O2S. The van der Waals surface area contributed by atoms with Crippen molar-refractivity contribution in [3.63, 3.8) is 0 Å². The highest BCUT2D eigenvalue weighted by molar-refractivity contribution is 7.16. The Morgan fingerprint density at radius 3 is 2.45 bits per heavy atom. The van der Waals surface area contributed by atoms with Crippen LogP contribution in [-0.2, 0) is 4.74 Å². The number of anilines is 1. The Bertz CT molecular complexity index is 1070. The Morgan fingerprint density at radius 2 is 1.83 bits per heavy atom. The second kappa shape index (κ2) is 8.38. The van der Waals surface area contributed by atoms with Gasteiger partial charge in [-0.05, 0) is 29.2 Å². The van der Waals surface area contributed by atoms with Crippen molar-refractivity contribution >= 4 is 22.6 Å². The highest BCUT2D eigenvalue weighted by Crippen LogP contribution is 2.44. The van der Waals surface area contributed by atoms with E-state index in [1.54, 1.807) is 0 Å². The number of rotatable bonds is 4. The summed E-state index contributed by atoms with van der Waals surface area (Å²) in [6.07, 6.45) is 0.105. The maximum Gasteiger partial charge on any atom is 0.407 e. The van der Waals surface area contributed by atoms with E-state index in [0.29, 0.717) is 24.7 Å². The van der Waals surface area contributed by atoms with Gasteiger partial charge in [0.2, 0.25) is 0 Å². The molecule has 0 saturated heterocycles. The average Bonchev–Trinajstić information content (AvgIpc) is 3.22. The molecular weight excluding hydrogens is 382 g/mol. The molecule has 5 nitrogen and oxygen atoms in total. The first-order valence-electron chi connectivity index (χ1n) is 9.44. The van der Waals surface area contributed by atoms with Crippen molar-refractivity contribution in [2.45, 2.75) is 19.3 Å². The number of nitrogen functional groups attached to an aromatic ring is 1. The zero-order chi connectivity index (χ0) is 20.2. The largest absolute Gasteiger partial charge is 0.449 e. The first-order chi connectivity index (χ1) is 14.1. The molecule has 0 atom stereocenters. The Balaban J connectivity index is 1.30. The molecule has 0 aliphatic heterocycles.